The van der Waals surface area contributed by atoms with Crippen molar-refractivity contribution in [1.29, 1.82) is 0 Å². The highest BCUT2D eigenvalue weighted by atomic mass is 14.7. The maximum atomic E-state index is 3.30. The first-order valence-electron chi connectivity index (χ1n) is 7.51. The van der Waals surface area contributed by atoms with Crippen LogP contribution in [0.4, 0.5) is 0 Å². The molecule has 1 heterocycles. The van der Waals surface area contributed by atoms with Crippen LogP contribution in [-0.2, 0) is 0 Å². The lowest BCUT2D eigenvalue weighted by Crippen LogP contribution is -2.01. The highest BCUT2D eigenvalue weighted by molar-refractivity contribution is 5.70. The Morgan fingerprint density at radius 3 is 2.21 bits per heavy atom. The zero-order valence-corrected chi connectivity index (χ0v) is 12.4. The number of aromatic nitrogens is 1. The van der Waals surface area contributed by atoms with E-state index < -0.39 is 0 Å². The van der Waals surface area contributed by atoms with Gasteiger partial charge in [0, 0.05) is 17.5 Å². The lowest BCUT2D eigenvalue weighted by atomic mass is 9.85. The van der Waals surface area contributed by atoms with Gasteiger partial charge in [-0.3, -0.25) is 0 Å². The summed E-state index contributed by atoms with van der Waals surface area (Å²) in [6.45, 7) is 6.72. The van der Waals surface area contributed by atoms with Crippen LogP contribution in [0.25, 0.3) is 11.1 Å². The summed E-state index contributed by atoms with van der Waals surface area (Å²) >= 11 is 0. The number of rotatable bonds is 6. The smallest absolute Gasteiger partial charge is 0.0195 e. The van der Waals surface area contributed by atoms with E-state index in [1.54, 1.807) is 0 Å². The fourth-order valence-electron chi connectivity index (χ4n) is 3.00. The topological polar surface area (TPSA) is 15.8 Å². The minimum atomic E-state index is 0.695. The van der Waals surface area contributed by atoms with Gasteiger partial charge in [0.05, 0.1) is 0 Å². The Morgan fingerprint density at radius 1 is 0.947 bits per heavy atom. The second-order valence-electron chi connectivity index (χ2n) is 5.38. The molecular formula is C18H25N. The number of hydrogen-bond acceptors (Lipinski definition) is 0. The third-order valence-electron chi connectivity index (χ3n) is 3.92. The molecule has 0 amide bonds. The average molecular weight is 255 g/mol. The van der Waals surface area contributed by atoms with Crippen molar-refractivity contribution in [2.75, 3.05) is 0 Å². The van der Waals surface area contributed by atoms with Crippen LogP contribution >= 0.6 is 0 Å². The van der Waals surface area contributed by atoms with Gasteiger partial charge < -0.3 is 4.98 Å². The van der Waals surface area contributed by atoms with Gasteiger partial charge in [-0.1, -0.05) is 51.0 Å². The summed E-state index contributed by atoms with van der Waals surface area (Å²) in [7, 11) is 0. The largest absolute Gasteiger partial charge is 0.365 e. The third-order valence-corrected chi connectivity index (χ3v) is 3.92. The van der Waals surface area contributed by atoms with Crippen molar-refractivity contribution in [1.82, 2.24) is 4.98 Å². The lowest BCUT2D eigenvalue weighted by molar-refractivity contribution is 0.562. The van der Waals surface area contributed by atoms with E-state index >= 15 is 0 Å². The summed E-state index contributed by atoms with van der Waals surface area (Å²) in [5.41, 5.74) is 5.55. The molecule has 1 heteroatoms. The molecule has 0 bridgehead atoms. The minimum Gasteiger partial charge on any atom is -0.365 e. The summed E-state index contributed by atoms with van der Waals surface area (Å²) < 4.78 is 0. The second kappa shape index (κ2) is 6.60. The number of H-pyrrole nitrogens is 1. The maximum Gasteiger partial charge on any atom is 0.0195 e. The molecule has 1 aromatic carbocycles. The molecule has 0 aliphatic heterocycles. The highest BCUT2D eigenvalue weighted by Crippen LogP contribution is 2.35. The standard InChI is InChI=1S/C18H25N/c1-4-8-15(9-5-2)17-10-6-7-11-18(17)16-12-13-19-14(16)3/h6-7,10-13,15,19H,4-5,8-9H2,1-3H3. The Morgan fingerprint density at radius 2 is 1.63 bits per heavy atom. The summed E-state index contributed by atoms with van der Waals surface area (Å²) in [6, 6.07) is 11.1. The van der Waals surface area contributed by atoms with Crippen molar-refractivity contribution in [3.8, 4) is 11.1 Å². The van der Waals surface area contributed by atoms with Crippen molar-refractivity contribution in [2.24, 2.45) is 0 Å². The first kappa shape index (κ1) is 13.9. The van der Waals surface area contributed by atoms with Crippen LogP contribution in [0.1, 0.15) is 56.7 Å². The molecule has 0 fully saturated rings. The molecule has 1 N–H and O–H groups in total. The molecule has 0 saturated carbocycles. The first-order valence-corrected chi connectivity index (χ1v) is 7.51. The zero-order valence-electron chi connectivity index (χ0n) is 12.4. The van der Waals surface area contributed by atoms with Crippen LogP contribution < -0.4 is 0 Å². The SMILES string of the molecule is CCCC(CCC)c1ccccc1-c1cc[nH]c1C. The van der Waals surface area contributed by atoms with E-state index in [0.29, 0.717) is 5.92 Å². The Bertz CT molecular complexity index is 504. The van der Waals surface area contributed by atoms with Crippen LogP contribution in [0.15, 0.2) is 36.5 Å². The molecule has 0 radical (unpaired) electrons. The zero-order chi connectivity index (χ0) is 13.7. The van der Waals surface area contributed by atoms with Gasteiger partial charge in [0.15, 0.2) is 0 Å². The van der Waals surface area contributed by atoms with Crippen LogP contribution in [0.2, 0.25) is 0 Å². The highest BCUT2D eigenvalue weighted by Gasteiger charge is 2.15. The molecule has 102 valence electrons. The lowest BCUT2D eigenvalue weighted by Gasteiger charge is -2.19. The Hall–Kier alpha value is -1.50. The van der Waals surface area contributed by atoms with E-state index in [-0.39, 0.29) is 0 Å². The number of benzene rings is 1. The van der Waals surface area contributed by atoms with E-state index in [1.165, 1.54) is 48.1 Å². The van der Waals surface area contributed by atoms with Crippen molar-refractivity contribution in [3.05, 3.63) is 47.8 Å². The van der Waals surface area contributed by atoms with Gasteiger partial charge in [-0.05, 0) is 42.9 Å². The fraction of sp³-hybridized carbons (Fsp3) is 0.444. The summed E-state index contributed by atoms with van der Waals surface area (Å²) in [5.74, 6) is 0.695. The fourth-order valence-corrected chi connectivity index (χ4v) is 3.00. The quantitative estimate of drug-likeness (QED) is 0.684. The van der Waals surface area contributed by atoms with Crippen LogP contribution in [-0.4, -0.2) is 4.98 Å². The Labute approximate surface area is 117 Å². The van der Waals surface area contributed by atoms with E-state index in [1.807, 2.05) is 6.20 Å². The average Bonchev–Trinajstić information content (AvgIpc) is 2.85. The molecule has 1 aromatic heterocycles. The maximum absolute atomic E-state index is 3.30. The molecule has 0 atom stereocenters. The molecule has 0 spiro atoms. The second-order valence-corrected chi connectivity index (χ2v) is 5.38. The number of aryl methyl sites for hydroxylation is 1. The van der Waals surface area contributed by atoms with Crippen LogP contribution in [0.5, 0.6) is 0 Å². The summed E-state index contributed by atoms with van der Waals surface area (Å²) in [4.78, 5) is 3.30. The monoisotopic (exact) mass is 255 g/mol. The van der Waals surface area contributed by atoms with Crippen LogP contribution in [0.3, 0.4) is 0 Å². The third kappa shape index (κ3) is 3.09. The predicted molar refractivity (Wildman–Crippen MR) is 83.5 cm³/mol. The van der Waals surface area contributed by atoms with Gasteiger partial charge in [-0.2, -0.15) is 0 Å². The Kier molecular flexibility index (Phi) is 4.84. The molecule has 0 aliphatic rings. The van der Waals surface area contributed by atoms with Gasteiger partial charge in [0.25, 0.3) is 0 Å². The minimum absolute atomic E-state index is 0.695. The van der Waals surface area contributed by atoms with Crippen molar-refractivity contribution in [3.63, 3.8) is 0 Å². The van der Waals surface area contributed by atoms with E-state index in [9.17, 15) is 0 Å². The van der Waals surface area contributed by atoms with Crippen molar-refractivity contribution >= 4 is 0 Å². The van der Waals surface area contributed by atoms with E-state index in [4.69, 9.17) is 0 Å². The molecule has 0 unspecified atom stereocenters. The number of nitrogens with one attached hydrogen (secondary N) is 1. The molecule has 2 aromatic rings. The Balaban J connectivity index is 2.42. The van der Waals surface area contributed by atoms with E-state index in [0.717, 1.165) is 0 Å². The molecule has 1 nitrogen and oxygen atoms in total. The number of aromatic amines is 1. The predicted octanol–water partition coefficient (Wildman–Crippen LogP) is 5.67. The molecule has 19 heavy (non-hydrogen) atoms. The number of hydrogen-bond donors (Lipinski definition) is 1. The molecular weight excluding hydrogens is 230 g/mol. The summed E-state index contributed by atoms with van der Waals surface area (Å²) in [6.07, 6.45) is 7.12. The van der Waals surface area contributed by atoms with Gasteiger partial charge in [0.2, 0.25) is 0 Å². The first-order chi connectivity index (χ1) is 9.27. The van der Waals surface area contributed by atoms with Crippen molar-refractivity contribution in [2.45, 2.75) is 52.4 Å². The van der Waals surface area contributed by atoms with Crippen LogP contribution in [0, 0.1) is 6.92 Å². The van der Waals surface area contributed by atoms with E-state index in [2.05, 4.69) is 56.1 Å². The molecule has 0 aliphatic carbocycles. The van der Waals surface area contributed by atoms with Gasteiger partial charge in [0.1, 0.15) is 0 Å². The molecule has 0 saturated heterocycles. The van der Waals surface area contributed by atoms with Gasteiger partial charge in [-0.25, -0.2) is 0 Å². The molecule has 2 rings (SSSR count). The van der Waals surface area contributed by atoms with Gasteiger partial charge >= 0.3 is 0 Å². The van der Waals surface area contributed by atoms with Gasteiger partial charge in [-0.15, -0.1) is 0 Å². The normalized spacial score (nSPS) is 11.2. The summed E-state index contributed by atoms with van der Waals surface area (Å²) in [5, 5.41) is 0. The van der Waals surface area contributed by atoms with Crippen molar-refractivity contribution < 1.29 is 0 Å².